The van der Waals surface area contributed by atoms with Gasteiger partial charge in [-0.2, -0.15) is 4.98 Å². The van der Waals surface area contributed by atoms with E-state index in [-0.39, 0.29) is 29.9 Å². The van der Waals surface area contributed by atoms with Crippen molar-refractivity contribution in [3.05, 3.63) is 95.8 Å². The maximum Gasteiger partial charge on any atom is 0.230 e. The zero-order valence-corrected chi connectivity index (χ0v) is 18.9. The minimum Gasteiger partial charge on any atom is -0.488 e. The lowest BCUT2D eigenvalue weighted by Gasteiger charge is -2.12. The molecule has 1 aromatic heterocycles. The SMILES string of the molecule is CS(=O)(=O)Cc1cccc(Nc2ncnc(-c3ccc(F)cc3OCc3ccccc3F)n2)c1. The van der Waals surface area contributed by atoms with Gasteiger partial charge in [0.05, 0.1) is 11.3 Å². The maximum absolute atomic E-state index is 13.9. The van der Waals surface area contributed by atoms with Gasteiger partial charge in [0, 0.05) is 23.6 Å². The lowest BCUT2D eigenvalue weighted by atomic mass is 10.1. The predicted molar refractivity (Wildman–Crippen MR) is 124 cm³/mol. The first-order valence-electron chi connectivity index (χ1n) is 10.2. The molecule has 0 radical (unpaired) electrons. The number of nitrogens with one attached hydrogen (secondary N) is 1. The van der Waals surface area contributed by atoms with Gasteiger partial charge in [0.15, 0.2) is 15.7 Å². The zero-order valence-electron chi connectivity index (χ0n) is 18.1. The summed E-state index contributed by atoms with van der Waals surface area (Å²) in [5.74, 6) is -0.481. The van der Waals surface area contributed by atoms with Crippen molar-refractivity contribution >= 4 is 21.5 Å². The second kappa shape index (κ2) is 9.92. The predicted octanol–water partition coefficient (Wildman–Crippen LogP) is 4.68. The van der Waals surface area contributed by atoms with Crippen LogP contribution in [-0.4, -0.2) is 29.6 Å². The van der Waals surface area contributed by atoms with Gasteiger partial charge in [-0.1, -0.05) is 30.3 Å². The molecule has 7 nitrogen and oxygen atoms in total. The van der Waals surface area contributed by atoms with Gasteiger partial charge in [0.2, 0.25) is 5.95 Å². The Kier molecular flexibility index (Phi) is 6.78. The molecule has 34 heavy (non-hydrogen) atoms. The number of benzene rings is 3. The van der Waals surface area contributed by atoms with Crippen LogP contribution < -0.4 is 10.1 Å². The van der Waals surface area contributed by atoms with Crippen LogP contribution in [0.4, 0.5) is 20.4 Å². The molecule has 0 saturated heterocycles. The quantitative estimate of drug-likeness (QED) is 0.390. The van der Waals surface area contributed by atoms with E-state index in [9.17, 15) is 17.2 Å². The molecule has 4 aromatic rings. The van der Waals surface area contributed by atoms with Gasteiger partial charge in [0.1, 0.15) is 30.3 Å². The monoisotopic (exact) mass is 482 g/mol. The lowest BCUT2D eigenvalue weighted by Crippen LogP contribution is -2.04. The van der Waals surface area contributed by atoms with Crippen molar-refractivity contribution in [3.63, 3.8) is 0 Å². The highest BCUT2D eigenvalue weighted by Crippen LogP contribution is 2.30. The van der Waals surface area contributed by atoms with Crippen molar-refractivity contribution in [2.45, 2.75) is 12.4 Å². The average molecular weight is 483 g/mol. The van der Waals surface area contributed by atoms with E-state index in [2.05, 4.69) is 20.3 Å². The molecule has 0 amide bonds. The molecular formula is C24H20F2N4O3S. The van der Waals surface area contributed by atoms with Crippen LogP contribution in [0.15, 0.2) is 73.1 Å². The maximum atomic E-state index is 13.9. The second-order valence-corrected chi connectivity index (χ2v) is 9.69. The van der Waals surface area contributed by atoms with E-state index >= 15 is 0 Å². The molecule has 174 valence electrons. The molecule has 1 heterocycles. The summed E-state index contributed by atoms with van der Waals surface area (Å²) in [6.07, 6.45) is 2.45. The number of nitrogens with zero attached hydrogens (tertiary/aromatic N) is 3. The molecule has 3 aromatic carbocycles. The topological polar surface area (TPSA) is 94.1 Å². The number of halogens is 2. The van der Waals surface area contributed by atoms with Crippen LogP contribution in [-0.2, 0) is 22.2 Å². The Labute approximate surface area is 195 Å². The van der Waals surface area contributed by atoms with Crippen LogP contribution in [0.3, 0.4) is 0 Å². The Hall–Kier alpha value is -3.92. The number of rotatable bonds is 8. The highest BCUT2D eigenvalue weighted by Gasteiger charge is 2.14. The van der Waals surface area contributed by atoms with Crippen LogP contribution in [0.5, 0.6) is 5.75 Å². The number of hydrogen-bond acceptors (Lipinski definition) is 7. The van der Waals surface area contributed by atoms with Crippen molar-refractivity contribution in [1.29, 1.82) is 0 Å². The van der Waals surface area contributed by atoms with Gasteiger partial charge in [-0.05, 0) is 35.9 Å². The molecule has 0 aliphatic carbocycles. The van der Waals surface area contributed by atoms with Gasteiger partial charge in [0.25, 0.3) is 0 Å². The third-order valence-corrected chi connectivity index (χ3v) is 5.57. The van der Waals surface area contributed by atoms with Crippen molar-refractivity contribution in [3.8, 4) is 17.1 Å². The average Bonchev–Trinajstić information content (AvgIpc) is 2.78. The summed E-state index contributed by atoms with van der Waals surface area (Å²) in [5, 5.41) is 3.01. The van der Waals surface area contributed by atoms with Gasteiger partial charge in [-0.15, -0.1) is 0 Å². The van der Waals surface area contributed by atoms with Crippen molar-refractivity contribution in [2.24, 2.45) is 0 Å². The number of ether oxygens (including phenoxy) is 1. The minimum atomic E-state index is -3.18. The number of aromatic nitrogens is 3. The molecule has 0 saturated carbocycles. The fourth-order valence-electron chi connectivity index (χ4n) is 3.23. The molecule has 1 N–H and O–H groups in total. The van der Waals surface area contributed by atoms with Gasteiger partial charge >= 0.3 is 0 Å². The van der Waals surface area contributed by atoms with Crippen molar-refractivity contribution in [2.75, 3.05) is 11.6 Å². The van der Waals surface area contributed by atoms with Gasteiger partial charge in [-0.25, -0.2) is 27.2 Å². The number of anilines is 2. The summed E-state index contributed by atoms with van der Waals surface area (Å²) < 4.78 is 56.7. The van der Waals surface area contributed by atoms with Gasteiger partial charge < -0.3 is 10.1 Å². The van der Waals surface area contributed by atoms with E-state index in [1.807, 2.05) is 0 Å². The van der Waals surface area contributed by atoms with E-state index in [0.29, 0.717) is 22.4 Å². The standard InChI is InChI=1S/C24H20F2N4O3S/c1-34(31,32)14-16-5-4-7-19(11-16)29-24-28-15-27-23(30-24)20-10-9-18(25)12-22(20)33-13-17-6-2-3-8-21(17)26/h2-12,15H,13-14H2,1H3,(H,27,28,29,30). The molecule has 4 rings (SSSR count). The van der Waals surface area contributed by atoms with Crippen LogP contribution in [0, 0.1) is 11.6 Å². The van der Waals surface area contributed by atoms with E-state index in [1.165, 1.54) is 36.8 Å². The Morgan fingerprint density at radius 2 is 1.79 bits per heavy atom. The van der Waals surface area contributed by atoms with Crippen molar-refractivity contribution in [1.82, 2.24) is 15.0 Å². The third-order valence-electron chi connectivity index (χ3n) is 4.71. The third kappa shape index (κ3) is 6.10. The molecular weight excluding hydrogens is 462 g/mol. The highest BCUT2D eigenvalue weighted by atomic mass is 32.2. The summed E-state index contributed by atoms with van der Waals surface area (Å²) in [6.45, 7) is -0.105. The molecule has 0 aliphatic heterocycles. The summed E-state index contributed by atoms with van der Waals surface area (Å²) in [6, 6.07) is 16.9. The normalized spacial score (nSPS) is 11.3. The van der Waals surface area contributed by atoms with Crippen LogP contribution in [0.1, 0.15) is 11.1 Å². The van der Waals surface area contributed by atoms with Gasteiger partial charge in [-0.3, -0.25) is 0 Å². The fourth-order valence-corrected chi connectivity index (χ4v) is 4.01. The lowest BCUT2D eigenvalue weighted by molar-refractivity contribution is 0.299. The van der Waals surface area contributed by atoms with E-state index in [0.717, 1.165) is 0 Å². The first-order valence-corrected chi connectivity index (χ1v) is 12.2. The summed E-state index contributed by atoms with van der Waals surface area (Å²) in [7, 11) is -3.18. The molecule has 0 atom stereocenters. The number of hydrogen-bond donors (Lipinski definition) is 1. The molecule has 0 aliphatic rings. The van der Waals surface area contributed by atoms with E-state index in [1.54, 1.807) is 42.5 Å². The van der Waals surface area contributed by atoms with Crippen LogP contribution >= 0.6 is 0 Å². The summed E-state index contributed by atoms with van der Waals surface area (Å²) >= 11 is 0. The largest absolute Gasteiger partial charge is 0.488 e. The minimum absolute atomic E-state index is 0.0940. The summed E-state index contributed by atoms with van der Waals surface area (Å²) in [5.41, 5.74) is 1.93. The number of sulfone groups is 1. The Morgan fingerprint density at radius 1 is 0.971 bits per heavy atom. The Morgan fingerprint density at radius 3 is 2.59 bits per heavy atom. The summed E-state index contributed by atoms with van der Waals surface area (Å²) in [4.78, 5) is 12.6. The Balaban J connectivity index is 1.58. The van der Waals surface area contributed by atoms with E-state index in [4.69, 9.17) is 4.74 Å². The second-order valence-electron chi connectivity index (χ2n) is 7.55. The van der Waals surface area contributed by atoms with E-state index < -0.39 is 21.5 Å². The smallest absolute Gasteiger partial charge is 0.230 e. The first kappa shape index (κ1) is 23.2. The highest BCUT2D eigenvalue weighted by molar-refractivity contribution is 7.89. The van der Waals surface area contributed by atoms with Crippen LogP contribution in [0.25, 0.3) is 11.4 Å². The molecule has 0 unspecified atom stereocenters. The molecule has 0 bridgehead atoms. The molecule has 0 fully saturated rings. The fraction of sp³-hybridized carbons (Fsp3) is 0.125. The van der Waals surface area contributed by atoms with Crippen molar-refractivity contribution < 1.29 is 21.9 Å². The first-order chi connectivity index (χ1) is 16.3. The Bertz CT molecular complexity index is 1430. The zero-order chi connectivity index (χ0) is 24.1. The van der Waals surface area contributed by atoms with Crippen LogP contribution in [0.2, 0.25) is 0 Å². The molecule has 0 spiro atoms. The molecule has 10 heteroatoms.